The third-order valence-corrected chi connectivity index (χ3v) is 8.48. The maximum absolute atomic E-state index is 13.1. The number of methoxy groups -OCH3 is 1. The predicted molar refractivity (Wildman–Crippen MR) is 119 cm³/mol. The second-order valence-electron chi connectivity index (χ2n) is 7.40. The second-order valence-corrected chi connectivity index (χ2v) is 10.7. The van der Waals surface area contributed by atoms with Crippen molar-refractivity contribution in [2.24, 2.45) is 0 Å². The van der Waals surface area contributed by atoms with Crippen LogP contribution in [0.15, 0.2) is 24.3 Å². The van der Waals surface area contributed by atoms with E-state index in [1.807, 2.05) is 0 Å². The zero-order valence-electron chi connectivity index (χ0n) is 17.3. The van der Waals surface area contributed by atoms with E-state index in [-0.39, 0.29) is 12.3 Å². The zero-order valence-corrected chi connectivity index (χ0v) is 19.0. The summed E-state index contributed by atoms with van der Waals surface area (Å²) in [6, 6.07) is 6.73. The second kappa shape index (κ2) is 8.51. The number of hydrogen-bond acceptors (Lipinski definition) is 7. The van der Waals surface area contributed by atoms with Crippen molar-refractivity contribution in [2.45, 2.75) is 38.7 Å². The number of nitrogens with one attached hydrogen (secondary N) is 1. The molecule has 1 aromatic carbocycles. The number of benzene rings is 1. The van der Waals surface area contributed by atoms with E-state index in [4.69, 9.17) is 9.47 Å². The van der Waals surface area contributed by atoms with E-state index in [1.54, 1.807) is 31.2 Å². The van der Waals surface area contributed by atoms with Gasteiger partial charge < -0.3 is 14.8 Å². The molecular weight excluding hydrogens is 440 g/mol. The normalized spacial score (nSPS) is 17.9. The average Bonchev–Trinajstić information content (AvgIpc) is 3.15. The van der Waals surface area contributed by atoms with E-state index in [9.17, 15) is 18.0 Å². The summed E-state index contributed by atoms with van der Waals surface area (Å²) in [5.41, 5.74) is 1.74. The highest BCUT2D eigenvalue weighted by atomic mass is 32.2. The van der Waals surface area contributed by atoms with Crippen LogP contribution < -0.4 is 14.4 Å². The molecule has 0 spiro atoms. The first kappa shape index (κ1) is 21.6. The summed E-state index contributed by atoms with van der Waals surface area (Å²) in [7, 11) is -2.28. The van der Waals surface area contributed by atoms with Gasteiger partial charge in [0, 0.05) is 4.88 Å². The summed E-state index contributed by atoms with van der Waals surface area (Å²) >= 11 is 1.37. The first-order valence-corrected chi connectivity index (χ1v) is 12.6. The van der Waals surface area contributed by atoms with Crippen molar-refractivity contribution in [3.8, 4) is 5.75 Å². The van der Waals surface area contributed by atoms with E-state index in [1.165, 1.54) is 22.8 Å². The van der Waals surface area contributed by atoms with Crippen molar-refractivity contribution < 1.29 is 27.5 Å². The van der Waals surface area contributed by atoms with Crippen molar-refractivity contribution in [3.05, 3.63) is 40.3 Å². The molecule has 0 fully saturated rings. The van der Waals surface area contributed by atoms with Crippen LogP contribution in [0.2, 0.25) is 0 Å². The minimum atomic E-state index is -3.60. The Bertz CT molecular complexity index is 1120. The van der Waals surface area contributed by atoms with E-state index >= 15 is 0 Å². The van der Waals surface area contributed by atoms with Crippen molar-refractivity contribution >= 4 is 43.9 Å². The number of amides is 1. The Morgan fingerprint density at radius 1 is 1.26 bits per heavy atom. The molecule has 1 N–H and O–H groups in total. The third kappa shape index (κ3) is 4.01. The molecule has 0 bridgehead atoms. The molecule has 1 atom stereocenters. The minimum absolute atomic E-state index is 0.0974. The number of hydrogen-bond donors (Lipinski definition) is 1. The van der Waals surface area contributed by atoms with Crippen molar-refractivity contribution in [3.63, 3.8) is 0 Å². The number of anilines is 2. The Hall–Kier alpha value is -2.59. The van der Waals surface area contributed by atoms with Gasteiger partial charge in [0.25, 0.3) is 5.91 Å². The summed E-state index contributed by atoms with van der Waals surface area (Å²) in [6.07, 6.45) is 2.58. The summed E-state index contributed by atoms with van der Waals surface area (Å²) in [5, 5.41) is 3.23. The van der Waals surface area contributed by atoms with Gasteiger partial charge in [-0.15, -0.1) is 11.3 Å². The van der Waals surface area contributed by atoms with Gasteiger partial charge in [-0.05, 0) is 50.3 Å². The third-order valence-electron chi connectivity index (χ3n) is 5.53. The van der Waals surface area contributed by atoms with E-state index in [0.717, 1.165) is 36.1 Å². The molecule has 1 amide bonds. The largest absolute Gasteiger partial charge is 0.476 e. The van der Waals surface area contributed by atoms with Crippen LogP contribution in [0.3, 0.4) is 0 Å². The summed E-state index contributed by atoms with van der Waals surface area (Å²) in [4.78, 5) is 26.6. The highest BCUT2D eigenvalue weighted by Crippen LogP contribution is 2.39. The lowest BCUT2D eigenvalue weighted by atomic mass is 9.95. The van der Waals surface area contributed by atoms with Gasteiger partial charge in [0.15, 0.2) is 6.10 Å². The predicted octanol–water partition coefficient (Wildman–Crippen LogP) is 2.97. The number of fused-ring (bicyclic) bond motifs is 2. The highest BCUT2D eigenvalue weighted by molar-refractivity contribution is 7.92. The fraction of sp³-hybridized carbons (Fsp3) is 0.429. The Morgan fingerprint density at radius 2 is 2.00 bits per heavy atom. The van der Waals surface area contributed by atoms with Crippen LogP contribution in [-0.4, -0.2) is 45.8 Å². The van der Waals surface area contributed by atoms with Gasteiger partial charge in [0.2, 0.25) is 10.0 Å². The number of esters is 1. The molecule has 2 aromatic rings. The lowest BCUT2D eigenvalue weighted by Gasteiger charge is -2.34. The lowest BCUT2D eigenvalue weighted by Crippen LogP contribution is -2.49. The fourth-order valence-corrected chi connectivity index (χ4v) is 6.33. The molecule has 2 heterocycles. The number of thiophene rings is 1. The molecular formula is C21H24N2O6S2. The molecule has 2 aliphatic rings. The van der Waals surface area contributed by atoms with E-state index in [0.29, 0.717) is 22.0 Å². The number of aryl methyl sites for hydroxylation is 1. The van der Waals surface area contributed by atoms with Crippen LogP contribution in [0.4, 0.5) is 10.7 Å². The van der Waals surface area contributed by atoms with Crippen LogP contribution in [-0.2, 0) is 32.4 Å². The first-order valence-electron chi connectivity index (χ1n) is 10.2. The molecule has 10 heteroatoms. The molecule has 8 nitrogen and oxygen atoms in total. The van der Waals surface area contributed by atoms with Crippen LogP contribution in [0.5, 0.6) is 5.75 Å². The number of rotatable bonds is 5. The lowest BCUT2D eigenvalue weighted by molar-refractivity contribution is -0.122. The average molecular weight is 465 g/mol. The molecule has 0 unspecified atom stereocenters. The van der Waals surface area contributed by atoms with Gasteiger partial charge in [-0.25, -0.2) is 13.2 Å². The number of para-hydroxylation sites is 2. The molecule has 0 saturated heterocycles. The van der Waals surface area contributed by atoms with Crippen LogP contribution in [0, 0.1) is 0 Å². The highest BCUT2D eigenvalue weighted by Gasteiger charge is 2.37. The van der Waals surface area contributed by atoms with Gasteiger partial charge in [-0.1, -0.05) is 12.1 Å². The smallest absolute Gasteiger partial charge is 0.341 e. The molecule has 166 valence electrons. The Kier molecular flexibility index (Phi) is 5.94. The Morgan fingerprint density at radius 3 is 2.74 bits per heavy atom. The molecule has 1 aliphatic heterocycles. The van der Waals surface area contributed by atoms with Crippen LogP contribution in [0.25, 0.3) is 0 Å². The van der Waals surface area contributed by atoms with Crippen molar-refractivity contribution in [1.29, 1.82) is 0 Å². The standard InChI is InChI=1S/C21H24N2O6S2/c1-3-31(26,27)23-12-16(29-15-10-6-5-9-14(15)23)19(24)22-20-18(21(25)28-2)13-8-4-7-11-17(13)30-20/h5-6,9-10,16H,3-4,7-8,11-12H2,1-2H3,(H,22,24)/t16-/m1/s1. The minimum Gasteiger partial charge on any atom is -0.476 e. The topological polar surface area (TPSA) is 102 Å². The van der Waals surface area contributed by atoms with E-state index in [2.05, 4.69) is 5.32 Å². The SMILES string of the molecule is CCS(=O)(=O)N1C[C@H](C(=O)Nc2sc3c(c2C(=O)OC)CCCC3)Oc2ccccc21. The van der Waals surface area contributed by atoms with Crippen LogP contribution >= 0.6 is 11.3 Å². The molecule has 0 saturated carbocycles. The van der Waals surface area contributed by atoms with Crippen molar-refractivity contribution in [1.82, 2.24) is 0 Å². The maximum atomic E-state index is 13.1. The first-order chi connectivity index (χ1) is 14.9. The number of ether oxygens (including phenoxy) is 2. The monoisotopic (exact) mass is 464 g/mol. The fourth-order valence-electron chi connectivity index (χ4n) is 3.92. The molecule has 31 heavy (non-hydrogen) atoms. The van der Waals surface area contributed by atoms with Gasteiger partial charge in [-0.2, -0.15) is 0 Å². The Balaban J connectivity index is 1.64. The number of sulfonamides is 1. The van der Waals surface area contributed by atoms with Gasteiger partial charge in [-0.3, -0.25) is 9.10 Å². The van der Waals surface area contributed by atoms with E-state index < -0.39 is 28.0 Å². The zero-order chi connectivity index (χ0) is 22.2. The van der Waals surface area contributed by atoms with Crippen molar-refractivity contribution in [2.75, 3.05) is 29.0 Å². The summed E-state index contributed by atoms with van der Waals surface area (Å²) in [5.74, 6) is -0.765. The maximum Gasteiger partial charge on any atom is 0.341 e. The number of carbonyl (C=O) groups excluding carboxylic acids is 2. The summed E-state index contributed by atoms with van der Waals surface area (Å²) < 4.78 is 37.3. The molecule has 0 radical (unpaired) electrons. The molecule has 1 aliphatic carbocycles. The van der Waals surface area contributed by atoms with Crippen LogP contribution in [0.1, 0.15) is 40.6 Å². The number of nitrogens with zero attached hydrogens (tertiary/aromatic N) is 1. The van der Waals surface area contributed by atoms with Gasteiger partial charge >= 0.3 is 5.97 Å². The quantitative estimate of drug-likeness (QED) is 0.683. The summed E-state index contributed by atoms with van der Waals surface area (Å²) in [6.45, 7) is 1.42. The number of carbonyl (C=O) groups is 2. The molecule has 1 aromatic heterocycles. The Labute approximate surface area is 185 Å². The van der Waals surface area contributed by atoms with Gasteiger partial charge in [0.1, 0.15) is 10.8 Å². The van der Waals surface area contributed by atoms with Gasteiger partial charge in [0.05, 0.1) is 30.7 Å². The molecule has 4 rings (SSSR count).